The molecule has 0 atom stereocenters. The van der Waals surface area contributed by atoms with Crippen molar-refractivity contribution in [1.82, 2.24) is 0 Å². The van der Waals surface area contributed by atoms with E-state index in [9.17, 15) is 10.5 Å². The van der Waals surface area contributed by atoms with Crippen LogP contribution in [-0.2, 0) is 0 Å². The maximum absolute atomic E-state index is 9.88. The van der Waals surface area contributed by atoms with Gasteiger partial charge in [-0.25, -0.2) is 0 Å². The molecule has 0 spiro atoms. The second-order valence-electron chi connectivity index (χ2n) is 8.04. The molecular weight excluding hydrogens is 412 g/mol. The maximum atomic E-state index is 9.88. The summed E-state index contributed by atoms with van der Waals surface area (Å²) in [4.78, 5) is 0. The van der Waals surface area contributed by atoms with Gasteiger partial charge in [0.2, 0.25) is 0 Å². The molecule has 0 amide bonds. The van der Waals surface area contributed by atoms with Gasteiger partial charge < -0.3 is 0 Å². The van der Waals surface area contributed by atoms with E-state index in [0.29, 0.717) is 16.7 Å². The zero-order valence-electron chi connectivity index (χ0n) is 20.4. The third-order valence-electron chi connectivity index (χ3n) is 5.15. The minimum atomic E-state index is 0.548. The minimum absolute atomic E-state index is 0.548. The van der Waals surface area contributed by atoms with Gasteiger partial charge in [-0.15, -0.1) is 0 Å². The van der Waals surface area contributed by atoms with Crippen molar-refractivity contribution in [3.63, 3.8) is 0 Å². The molecule has 168 valence electrons. The number of nitrogens with zero attached hydrogens (tertiary/aromatic N) is 2. The largest absolute Gasteiger partial charge is 0.192 e. The molecule has 3 aromatic carbocycles. The van der Waals surface area contributed by atoms with E-state index >= 15 is 0 Å². The van der Waals surface area contributed by atoms with Gasteiger partial charge in [0.05, 0.1) is 11.1 Å². The van der Waals surface area contributed by atoms with E-state index in [2.05, 4.69) is 56.5 Å². The van der Waals surface area contributed by atoms with E-state index in [1.807, 2.05) is 69.4 Å². The fourth-order valence-electron chi connectivity index (χ4n) is 3.55. The number of benzene rings is 3. The molecule has 2 heteroatoms. The topological polar surface area (TPSA) is 47.6 Å². The van der Waals surface area contributed by atoms with Crippen LogP contribution in [0.4, 0.5) is 0 Å². The maximum Gasteiger partial charge on any atom is 0.100 e. The number of hydrogen-bond donors (Lipinski definition) is 0. The Balaban J connectivity index is 0.000000739. The van der Waals surface area contributed by atoms with Gasteiger partial charge in [0.25, 0.3) is 0 Å². The molecule has 0 radical (unpaired) electrons. The van der Waals surface area contributed by atoms with Crippen LogP contribution in [0.5, 0.6) is 0 Å². The first kappa shape index (κ1) is 25.9. The fourth-order valence-corrected chi connectivity index (χ4v) is 3.55. The quantitative estimate of drug-likeness (QED) is 0.292. The third kappa shape index (κ3) is 6.32. The second-order valence-corrected chi connectivity index (χ2v) is 8.04. The van der Waals surface area contributed by atoms with Crippen molar-refractivity contribution in [2.75, 3.05) is 0 Å². The zero-order valence-corrected chi connectivity index (χ0v) is 20.4. The highest BCUT2D eigenvalue weighted by Gasteiger charge is 2.16. The van der Waals surface area contributed by atoms with Crippen LogP contribution in [-0.4, -0.2) is 0 Å². The SMILES string of the molecule is C=C/C=C\C.C=Cc1c(C=C(C)C)c(C#N)c2ccc(C=Cc3ccc(C)cc3)cc2c1C#N. The molecule has 0 bridgehead atoms. The van der Waals surface area contributed by atoms with Gasteiger partial charge in [0.1, 0.15) is 12.1 Å². The molecule has 3 rings (SSSR count). The summed E-state index contributed by atoms with van der Waals surface area (Å²) >= 11 is 0. The molecule has 0 heterocycles. The van der Waals surface area contributed by atoms with E-state index in [4.69, 9.17) is 0 Å². The lowest BCUT2D eigenvalue weighted by Gasteiger charge is -2.13. The number of aryl methyl sites for hydroxylation is 1. The third-order valence-corrected chi connectivity index (χ3v) is 5.15. The van der Waals surface area contributed by atoms with Crippen molar-refractivity contribution >= 4 is 35.1 Å². The first-order valence-corrected chi connectivity index (χ1v) is 11.1. The summed E-state index contributed by atoms with van der Waals surface area (Å²) in [6, 6.07) is 18.8. The number of allylic oxidation sites excluding steroid dienone is 4. The fraction of sp³-hybridized carbons (Fsp3) is 0.125. The van der Waals surface area contributed by atoms with E-state index in [0.717, 1.165) is 33.0 Å². The Kier molecular flexibility index (Phi) is 9.57. The summed E-state index contributed by atoms with van der Waals surface area (Å²) in [5.41, 5.74) is 6.95. The molecule has 0 fully saturated rings. The standard InChI is InChI=1S/C27H22N2.C5H8/c1-5-22-24(14-18(2)3)27(17-29)23-13-12-21(15-25(23)26(22)16-28)11-10-20-8-6-19(4)7-9-20;1-3-5-4-2/h5-15H,1H2,2-4H3;3-5H,1H2,2H3/b;5-4-. The van der Waals surface area contributed by atoms with Crippen molar-refractivity contribution in [3.8, 4) is 12.1 Å². The molecule has 0 aliphatic carbocycles. The van der Waals surface area contributed by atoms with E-state index < -0.39 is 0 Å². The average Bonchev–Trinajstić information content (AvgIpc) is 2.83. The summed E-state index contributed by atoms with van der Waals surface area (Å²) in [6.07, 6.45) is 13.3. The Morgan fingerprint density at radius 3 is 1.91 bits per heavy atom. The normalized spacial score (nSPS) is 10.3. The van der Waals surface area contributed by atoms with Crippen molar-refractivity contribution in [3.05, 3.63) is 118 Å². The molecule has 0 unspecified atom stereocenters. The van der Waals surface area contributed by atoms with Crippen LogP contribution in [0, 0.1) is 29.6 Å². The Morgan fingerprint density at radius 2 is 1.41 bits per heavy atom. The predicted molar refractivity (Wildman–Crippen MR) is 148 cm³/mol. The Morgan fingerprint density at radius 1 is 0.824 bits per heavy atom. The van der Waals surface area contributed by atoms with E-state index in [1.54, 1.807) is 12.2 Å². The number of fused-ring (bicyclic) bond motifs is 1. The number of nitriles is 2. The highest BCUT2D eigenvalue weighted by molar-refractivity contribution is 6.00. The molecule has 34 heavy (non-hydrogen) atoms. The van der Waals surface area contributed by atoms with Crippen LogP contribution >= 0.6 is 0 Å². The van der Waals surface area contributed by atoms with Crippen LogP contribution < -0.4 is 0 Å². The minimum Gasteiger partial charge on any atom is -0.192 e. The molecule has 3 aromatic rings. The molecule has 0 aliphatic rings. The van der Waals surface area contributed by atoms with E-state index in [1.165, 1.54) is 5.56 Å². The Bertz CT molecular complexity index is 1360. The molecule has 0 saturated carbocycles. The van der Waals surface area contributed by atoms with Gasteiger partial charge in [-0.05, 0) is 44.9 Å². The summed E-state index contributed by atoms with van der Waals surface area (Å²) < 4.78 is 0. The van der Waals surface area contributed by atoms with Crippen molar-refractivity contribution in [2.24, 2.45) is 0 Å². The summed E-state index contributed by atoms with van der Waals surface area (Å²) in [5, 5.41) is 21.3. The van der Waals surface area contributed by atoms with Gasteiger partial charge in [-0.3, -0.25) is 0 Å². The van der Waals surface area contributed by atoms with Crippen LogP contribution in [0.15, 0.2) is 79.4 Å². The Labute approximate surface area is 203 Å². The van der Waals surface area contributed by atoms with Crippen molar-refractivity contribution in [1.29, 1.82) is 10.5 Å². The molecule has 0 aliphatic heterocycles. The molecular formula is C32H30N2. The lowest BCUT2D eigenvalue weighted by molar-refractivity contribution is 1.40. The Hall–Kier alpha value is -4.40. The zero-order chi connectivity index (χ0) is 25.1. The van der Waals surface area contributed by atoms with Crippen LogP contribution in [0.3, 0.4) is 0 Å². The lowest BCUT2D eigenvalue weighted by Crippen LogP contribution is -1.97. The van der Waals surface area contributed by atoms with Gasteiger partial charge in [0.15, 0.2) is 0 Å². The average molecular weight is 443 g/mol. The number of rotatable bonds is 5. The molecule has 0 saturated heterocycles. The van der Waals surface area contributed by atoms with Crippen molar-refractivity contribution in [2.45, 2.75) is 27.7 Å². The first-order chi connectivity index (χ1) is 16.4. The monoisotopic (exact) mass is 442 g/mol. The summed E-state index contributed by atoms with van der Waals surface area (Å²) in [5.74, 6) is 0. The van der Waals surface area contributed by atoms with Crippen LogP contribution in [0.2, 0.25) is 0 Å². The highest BCUT2D eigenvalue weighted by atomic mass is 14.3. The number of hydrogen-bond acceptors (Lipinski definition) is 2. The van der Waals surface area contributed by atoms with Gasteiger partial charge >= 0.3 is 0 Å². The first-order valence-electron chi connectivity index (χ1n) is 11.1. The second kappa shape index (κ2) is 12.6. The highest BCUT2D eigenvalue weighted by Crippen LogP contribution is 2.33. The molecule has 2 nitrogen and oxygen atoms in total. The van der Waals surface area contributed by atoms with Crippen LogP contribution in [0.1, 0.15) is 59.7 Å². The van der Waals surface area contributed by atoms with Gasteiger partial charge in [-0.1, -0.05) is 103 Å². The predicted octanol–water partition coefficient (Wildman–Crippen LogP) is 8.88. The van der Waals surface area contributed by atoms with Gasteiger partial charge in [-0.2, -0.15) is 10.5 Å². The molecule has 0 aromatic heterocycles. The van der Waals surface area contributed by atoms with Gasteiger partial charge in [0, 0.05) is 21.9 Å². The van der Waals surface area contributed by atoms with E-state index in [-0.39, 0.29) is 0 Å². The smallest absolute Gasteiger partial charge is 0.100 e. The van der Waals surface area contributed by atoms with Crippen LogP contribution in [0.25, 0.3) is 35.1 Å². The summed E-state index contributed by atoms with van der Waals surface area (Å²) in [7, 11) is 0. The van der Waals surface area contributed by atoms with Crippen molar-refractivity contribution < 1.29 is 0 Å². The molecule has 0 N–H and O–H groups in total. The lowest BCUT2D eigenvalue weighted by atomic mass is 9.88. The summed E-state index contributed by atoms with van der Waals surface area (Å²) in [6.45, 7) is 15.3.